The molecule has 112 valence electrons. The molecule has 1 heterocycles. The number of aliphatic carboxylic acids is 2. The normalized spacial score (nSPS) is 15.6. The van der Waals surface area contributed by atoms with Crippen molar-refractivity contribution in [2.45, 2.75) is 32.2 Å². The smallest absolute Gasteiger partial charge is 0.341 e. The zero-order valence-electron chi connectivity index (χ0n) is 11.9. The third kappa shape index (κ3) is 2.26. The molecule has 6 heteroatoms. The van der Waals surface area contributed by atoms with Crippen molar-refractivity contribution in [3.8, 4) is 0 Å². The number of benzene rings is 1. The average molecular weight is 291 g/mol. The predicted molar refractivity (Wildman–Crippen MR) is 75.6 cm³/mol. The van der Waals surface area contributed by atoms with Gasteiger partial charge in [-0.2, -0.15) is 0 Å². The zero-order valence-corrected chi connectivity index (χ0v) is 11.9. The number of nitrogens with zero attached hydrogens (tertiary/aromatic N) is 1. The van der Waals surface area contributed by atoms with Crippen molar-refractivity contribution >= 4 is 23.4 Å². The summed E-state index contributed by atoms with van der Waals surface area (Å²) < 4.78 is 0. The summed E-state index contributed by atoms with van der Waals surface area (Å²) in [6.07, 6.45) is 0.152. The first kappa shape index (κ1) is 15.0. The van der Waals surface area contributed by atoms with Crippen LogP contribution in [-0.2, 0) is 27.2 Å². The van der Waals surface area contributed by atoms with Crippen LogP contribution < -0.4 is 4.90 Å². The minimum atomic E-state index is -1.97. The molecule has 1 aromatic carbocycles. The first-order valence-electron chi connectivity index (χ1n) is 6.68. The predicted octanol–water partition coefficient (Wildman–Crippen LogP) is 1.11. The number of hydrogen-bond donors (Lipinski definition) is 2. The molecule has 1 aliphatic heterocycles. The lowest BCUT2D eigenvalue weighted by Gasteiger charge is -2.32. The number of carbonyl (C=O) groups is 3. The second-order valence-electron chi connectivity index (χ2n) is 5.23. The lowest BCUT2D eigenvalue weighted by Crippen LogP contribution is -2.59. The van der Waals surface area contributed by atoms with Gasteiger partial charge in [0.05, 0.1) is 0 Å². The van der Waals surface area contributed by atoms with Gasteiger partial charge in [0, 0.05) is 25.1 Å². The molecule has 1 aliphatic rings. The van der Waals surface area contributed by atoms with E-state index in [9.17, 15) is 24.6 Å². The third-order valence-electron chi connectivity index (χ3n) is 3.82. The largest absolute Gasteiger partial charge is 0.479 e. The highest BCUT2D eigenvalue weighted by atomic mass is 16.4. The van der Waals surface area contributed by atoms with Crippen molar-refractivity contribution < 1.29 is 24.6 Å². The standard InChI is InChI=1S/C15H17NO5/c1-3-16-12-5-4-10(6-9(2)17)7-11(12)8-15(16,13(18)19)14(20)21/h4-5,7H,3,6,8H2,1-2H3,(H,18,19)(H,20,21). The molecule has 2 rings (SSSR count). The Morgan fingerprint density at radius 1 is 1.24 bits per heavy atom. The molecule has 0 spiro atoms. The number of carbonyl (C=O) groups excluding carboxylic acids is 1. The summed E-state index contributed by atoms with van der Waals surface area (Å²) in [4.78, 5) is 35.8. The van der Waals surface area contributed by atoms with E-state index in [0.717, 1.165) is 5.56 Å². The lowest BCUT2D eigenvalue weighted by atomic mass is 9.93. The summed E-state index contributed by atoms with van der Waals surface area (Å²) in [7, 11) is 0. The molecule has 0 bridgehead atoms. The summed E-state index contributed by atoms with van der Waals surface area (Å²) in [5.74, 6) is -2.75. The molecule has 1 aromatic rings. The van der Waals surface area contributed by atoms with E-state index in [1.807, 2.05) is 0 Å². The van der Waals surface area contributed by atoms with Crippen LogP contribution in [0.2, 0.25) is 0 Å². The van der Waals surface area contributed by atoms with Crippen LogP contribution in [-0.4, -0.2) is 40.0 Å². The van der Waals surface area contributed by atoms with Gasteiger partial charge in [-0.25, -0.2) is 9.59 Å². The SMILES string of the molecule is CCN1c2ccc(CC(C)=O)cc2CC1(C(=O)O)C(=O)O. The first-order valence-corrected chi connectivity index (χ1v) is 6.68. The van der Waals surface area contributed by atoms with Crippen molar-refractivity contribution in [3.63, 3.8) is 0 Å². The molecule has 0 atom stereocenters. The first-order chi connectivity index (χ1) is 9.82. The second-order valence-corrected chi connectivity index (χ2v) is 5.23. The van der Waals surface area contributed by atoms with Crippen molar-refractivity contribution in [2.24, 2.45) is 0 Å². The number of anilines is 1. The number of fused-ring (bicyclic) bond motifs is 1. The summed E-state index contributed by atoms with van der Waals surface area (Å²) in [6, 6.07) is 5.17. The van der Waals surface area contributed by atoms with Crippen LogP contribution in [0.4, 0.5) is 5.69 Å². The van der Waals surface area contributed by atoms with Crippen LogP contribution in [0.15, 0.2) is 18.2 Å². The fraction of sp³-hybridized carbons (Fsp3) is 0.400. The van der Waals surface area contributed by atoms with Gasteiger partial charge in [-0.1, -0.05) is 12.1 Å². The molecular formula is C15H17NO5. The van der Waals surface area contributed by atoms with E-state index in [2.05, 4.69) is 0 Å². The fourth-order valence-corrected chi connectivity index (χ4v) is 2.93. The maximum atomic E-state index is 11.6. The van der Waals surface area contributed by atoms with Gasteiger partial charge in [-0.15, -0.1) is 0 Å². The van der Waals surface area contributed by atoms with Gasteiger partial charge < -0.3 is 15.1 Å². The minimum Gasteiger partial charge on any atom is -0.479 e. The van der Waals surface area contributed by atoms with Crippen LogP contribution >= 0.6 is 0 Å². The van der Waals surface area contributed by atoms with Gasteiger partial charge >= 0.3 is 11.9 Å². The zero-order chi connectivity index (χ0) is 15.8. The summed E-state index contributed by atoms with van der Waals surface area (Å²) in [5, 5.41) is 18.9. The van der Waals surface area contributed by atoms with Gasteiger partial charge in [0.25, 0.3) is 0 Å². The van der Waals surface area contributed by atoms with Gasteiger partial charge in [-0.05, 0) is 31.0 Å². The van der Waals surface area contributed by atoms with Crippen molar-refractivity contribution in [2.75, 3.05) is 11.4 Å². The van der Waals surface area contributed by atoms with Crippen LogP contribution in [0.3, 0.4) is 0 Å². The molecule has 0 aromatic heterocycles. The van der Waals surface area contributed by atoms with Crippen molar-refractivity contribution in [3.05, 3.63) is 29.3 Å². The Hall–Kier alpha value is -2.37. The Morgan fingerprint density at radius 3 is 2.33 bits per heavy atom. The van der Waals surface area contributed by atoms with Crippen molar-refractivity contribution in [1.82, 2.24) is 0 Å². The van der Waals surface area contributed by atoms with Crippen LogP contribution in [0, 0.1) is 0 Å². The summed E-state index contributed by atoms with van der Waals surface area (Å²) >= 11 is 0. The van der Waals surface area contributed by atoms with Gasteiger partial charge in [0.2, 0.25) is 5.54 Å². The Bertz CT molecular complexity index is 608. The molecule has 0 unspecified atom stereocenters. The number of carboxylic acid groups (broad SMARTS) is 2. The number of Topliss-reactive ketones (excluding diaryl/α,β-unsaturated/α-hetero) is 1. The maximum Gasteiger partial charge on any atom is 0.341 e. The Balaban J connectivity index is 2.51. The van der Waals surface area contributed by atoms with E-state index < -0.39 is 17.5 Å². The highest BCUT2D eigenvalue weighted by Crippen LogP contribution is 2.39. The molecule has 0 radical (unpaired) electrons. The van der Waals surface area contributed by atoms with E-state index in [-0.39, 0.29) is 25.2 Å². The summed E-state index contributed by atoms with van der Waals surface area (Å²) in [6.45, 7) is 3.47. The number of carboxylic acids is 2. The Labute approximate surface area is 122 Å². The molecular weight excluding hydrogens is 274 g/mol. The number of rotatable bonds is 5. The van der Waals surface area contributed by atoms with Crippen molar-refractivity contribution in [1.29, 1.82) is 0 Å². The average Bonchev–Trinajstić information content (AvgIpc) is 2.72. The molecule has 0 amide bonds. The second kappa shape index (κ2) is 5.20. The maximum absolute atomic E-state index is 11.6. The topological polar surface area (TPSA) is 94.9 Å². The Kier molecular flexibility index (Phi) is 3.72. The highest BCUT2D eigenvalue weighted by Gasteiger charge is 2.56. The van der Waals surface area contributed by atoms with Crippen LogP contribution in [0.25, 0.3) is 0 Å². The highest BCUT2D eigenvalue weighted by molar-refractivity contribution is 6.09. The van der Waals surface area contributed by atoms with E-state index in [1.54, 1.807) is 25.1 Å². The fourth-order valence-electron chi connectivity index (χ4n) is 2.93. The molecule has 0 aliphatic carbocycles. The lowest BCUT2D eigenvalue weighted by molar-refractivity contribution is -0.156. The Morgan fingerprint density at radius 2 is 1.86 bits per heavy atom. The van der Waals surface area contributed by atoms with E-state index >= 15 is 0 Å². The minimum absolute atomic E-state index is 0.00280. The number of hydrogen-bond acceptors (Lipinski definition) is 4. The van der Waals surface area contributed by atoms with E-state index in [4.69, 9.17) is 0 Å². The van der Waals surface area contributed by atoms with E-state index in [0.29, 0.717) is 11.3 Å². The quantitative estimate of drug-likeness (QED) is 0.789. The molecule has 0 fully saturated rings. The number of ketones is 1. The van der Waals surface area contributed by atoms with Crippen LogP contribution in [0.5, 0.6) is 0 Å². The molecule has 0 saturated carbocycles. The van der Waals surface area contributed by atoms with Crippen LogP contribution in [0.1, 0.15) is 25.0 Å². The molecule has 0 saturated heterocycles. The molecule has 21 heavy (non-hydrogen) atoms. The molecule has 6 nitrogen and oxygen atoms in total. The van der Waals surface area contributed by atoms with E-state index in [1.165, 1.54) is 11.8 Å². The monoisotopic (exact) mass is 291 g/mol. The van der Waals surface area contributed by atoms with Gasteiger partial charge in [0.1, 0.15) is 5.78 Å². The third-order valence-corrected chi connectivity index (χ3v) is 3.82. The molecule has 2 N–H and O–H groups in total. The number of likely N-dealkylation sites (N-methyl/N-ethyl adjacent to an activating group) is 1. The van der Waals surface area contributed by atoms with Gasteiger partial charge in [0.15, 0.2) is 0 Å². The van der Waals surface area contributed by atoms with Gasteiger partial charge in [-0.3, -0.25) is 4.79 Å². The summed E-state index contributed by atoms with van der Waals surface area (Å²) in [5.41, 5.74) is 0.0604.